The molecule has 3 heterocycles. The Morgan fingerprint density at radius 1 is 1.07 bits per heavy atom. The van der Waals surface area contributed by atoms with E-state index in [1.807, 2.05) is 43.3 Å². The van der Waals surface area contributed by atoms with Gasteiger partial charge in [0.2, 0.25) is 5.91 Å². The number of carbonyl (C=O) groups excluding carboxylic acids is 2. The summed E-state index contributed by atoms with van der Waals surface area (Å²) in [6.45, 7) is 2.75. The molecule has 0 unspecified atom stereocenters. The van der Waals surface area contributed by atoms with Crippen LogP contribution in [0.3, 0.4) is 0 Å². The van der Waals surface area contributed by atoms with Gasteiger partial charge >= 0.3 is 0 Å². The minimum absolute atomic E-state index is 0.0359. The molecule has 0 spiro atoms. The molecule has 2 aromatic heterocycles. The van der Waals surface area contributed by atoms with Crippen LogP contribution in [-0.2, 0) is 4.79 Å². The summed E-state index contributed by atoms with van der Waals surface area (Å²) in [7, 11) is 0. The number of nitrogens with zero attached hydrogens (tertiary/aromatic N) is 3. The fourth-order valence-electron chi connectivity index (χ4n) is 3.61. The Morgan fingerprint density at radius 2 is 1.79 bits per heavy atom. The molecule has 4 rings (SSSR count). The van der Waals surface area contributed by atoms with Crippen molar-refractivity contribution in [3.63, 3.8) is 0 Å². The summed E-state index contributed by atoms with van der Waals surface area (Å²) in [5.41, 5.74) is 1.87. The Labute approximate surface area is 168 Å². The molecule has 1 saturated heterocycles. The van der Waals surface area contributed by atoms with Gasteiger partial charge in [-0.3, -0.25) is 18.8 Å². The van der Waals surface area contributed by atoms with E-state index in [2.05, 4.69) is 10.3 Å². The molecule has 0 aliphatic carbocycles. The zero-order valence-corrected chi connectivity index (χ0v) is 16.2. The SMILES string of the molecule is Cc1ccc2ncc(C(=O)N3CCC(C(=O)Nc4ccccc4)CC3)c(=O)n2c1. The second kappa shape index (κ2) is 7.87. The molecule has 1 aromatic carbocycles. The number of hydrogen-bond acceptors (Lipinski definition) is 4. The topological polar surface area (TPSA) is 83.8 Å². The number of piperidine rings is 1. The Bertz CT molecular complexity index is 1120. The molecule has 7 heteroatoms. The van der Waals surface area contributed by atoms with Crippen LogP contribution in [-0.4, -0.2) is 39.2 Å². The molecule has 29 heavy (non-hydrogen) atoms. The molecular formula is C22H22N4O3. The summed E-state index contributed by atoms with van der Waals surface area (Å²) in [6, 6.07) is 12.9. The average molecular weight is 390 g/mol. The molecule has 1 N–H and O–H groups in total. The molecule has 1 fully saturated rings. The number of fused-ring (bicyclic) bond motifs is 1. The van der Waals surface area contributed by atoms with Gasteiger partial charge in [-0.25, -0.2) is 4.98 Å². The number of aryl methyl sites for hydroxylation is 1. The van der Waals surface area contributed by atoms with Crippen molar-refractivity contribution in [3.8, 4) is 0 Å². The number of pyridine rings is 1. The van der Waals surface area contributed by atoms with Crippen molar-refractivity contribution < 1.29 is 9.59 Å². The van der Waals surface area contributed by atoms with E-state index in [0.717, 1.165) is 11.3 Å². The number of anilines is 1. The maximum absolute atomic E-state index is 12.9. The molecule has 0 radical (unpaired) electrons. The van der Waals surface area contributed by atoms with Crippen LogP contribution in [0.25, 0.3) is 5.65 Å². The predicted octanol–water partition coefficient (Wildman–Crippen LogP) is 2.49. The van der Waals surface area contributed by atoms with Crippen molar-refractivity contribution in [3.05, 3.63) is 76.3 Å². The summed E-state index contributed by atoms with van der Waals surface area (Å²) < 4.78 is 1.41. The molecule has 0 bridgehead atoms. The minimum Gasteiger partial charge on any atom is -0.338 e. The third-order valence-corrected chi connectivity index (χ3v) is 5.27. The first kappa shape index (κ1) is 18.9. The monoisotopic (exact) mass is 390 g/mol. The first-order valence-corrected chi connectivity index (χ1v) is 9.66. The number of amides is 2. The summed E-state index contributed by atoms with van der Waals surface area (Å²) in [6.07, 6.45) is 4.16. The molecular weight excluding hydrogens is 368 g/mol. The van der Waals surface area contributed by atoms with Crippen LogP contribution in [0.2, 0.25) is 0 Å². The number of likely N-dealkylation sites (tertiary alicyclic amines) is 1. The predicted molar refractivity (Wildman–Crippen MR) is 110 cm³/mol. The number of benzene rings is 1. The maximum Gasteiger partial charge on any atom is 0.270 e. The molecule has 1 aliphatic heterocycles. The highest BCUT2D eigenvalue weighted by Gasteiger charge is 2.29. The zero-order valence-electron chi connectivity index (χ0n) is 16.2. The van der Waals surface area contributed by atoms with Crippen LogP contribution in [0.1, 0.15) is 28.8 Å². The third kappa shape index (κ3) is 3.89. The third-order valence-electron chi connectivity index (χ3n) is 5.27. The van der Waals surface area contributed by atoms with Crippen molar-refractivity contribution in [2.45, 2.75) is 19.8 Å². The van der Waals surface area contributed by atoms with Gasteiger partial charge in [0.25, 0.3) is 11.5 Å². The van der Waals surface area contributed by atoms with Gasteiger partial charge in [-0.1, -0.05) is 24.3 Å². The highest BCUT2D eigenvalue weighted by Crippen LogP contribution is 2.20. The van der Waals surface area contributed by atoms with E-state index in [0.29, 0.717) is 31.6 Å². The van der Waals surface area contributed by atoms with E-state index in [4.69, 9.17) is 0 Å². The van der Waals surface area contributed by atoms with Gasteiger partial charge in [0.05, 0.1) is 0 Å². The van der Waals surface area contributed by atoms with Crippen LogP contribution >= 0.6 is 0 Å². The number of hydrogen-bond donors (Lipinski definition) is 1. The van der Waals surface area contributed by atoms with Crippen LogP contribution in [0.5, 0.6) is 0 Å². The van der Waals surface area contributed by atoms with Gasteiger partial charge in [-0.15, -0.1) is 0 Å². The van der Waals surface area contributed by atoms with Gasteiger partial charge in [0.1, 0.15) is 11.2 Å². The van der Waals surface area contributed by atoms with Crippen LogP contribution in [0.15, 0.2) is 59.7 Å². The zero-order chi connectivity index (χ0) is 20.4. The summed E-state index contributed by atoms with van der Waals surface area (Å²) in [5.74, 6) is -0.524. The quantitative estimate of drug-likeness (QED) is 0.745. The van der Waals surface area contributed by atoms with Crippen molar-refractivity contribution >= 4 is 23.1 Å². The van der Waals surface area contributed by atoms with Crippen molar-refractivity contribution in [2.75, 3.05) is 18.4 Å². The lowest BCUT2D eigenvalue weighted by Gasteiger charge is -2.31. The van der Waals surface area contributed by atoms with Crippen LogP contribution in [0, 0.1) is 12.8 Å². The number of carbonyl (C=O) groups is 2. The van der Waals surface area contributed by atoms with E-state index in [-0.39, 0.29) is 28.9 Å². The van der Waals surface area contributed by atoms with E-state index < -0.39 is 0 Å². The highest BCUT2D eigenvalue weighted by atomic mass is 16.2. The van der Waals surface area contributed by atoms with Gasteiger partial charge in [-0.05, 0) is 43.5 Å². The fourth-order valence-corrected chi connectivity index (χ4v) is 3.61. The van der Waals surface area contributed by atoms with Gasteiger partial charge < -0.3 is 10.2 Å². The first-order valence-electron chi connectivity index (χ1n) is 9.66. The second-order valence-electron chi connectivity index (χ2n) is 7.33. The fraction of sp³-hybridized carbons (Fsp3) is 0.273. The Hall–Kier alpha value is -3.48. The molecule has 2 amide bonds. The lowest BCUT2D eigenvalue weighted by molar-refractivity contribution is -0.121. The summed E-state index contributed by atoms with van der Waals surface area (Å²) >= 11 is 0. The lowest BCUT2D eigenvalue weighted by atomic mass is 9.95. The first-order chi connectivity index (χ1) is 14.0. The smallest absolute Gasteiger partial charge is 0.270 e. The average Bonchev–Trinajstić information content (AvgIpc) is 2.75. The van der Waals surface area contributed by atoms with Crippen molar-refractivity contribution in [1.29, 1.82) is 0 Å². The Balaban J connectivity index is 1.44. The largest absolute Gasteiger partial charge is 0.338 e. The Morgan fingerprint density at radius 3 is 2.52 bits per heavy atom. The number of rotatable bonds is 3. The maximum atomic E-state index is 12.9. The van der Waals surface area contributed by atoms with Crippen molar-refractivity contribution in [1.82, 2.24) is 14.3 Å². The molecule has 148 valence electrons. The van der Waals surface area contributed by atoms with E-state index in [9.17, 15) is 14.4 Å². The molecule has 3 aromatic rings. The lowest BCUT2D eigenvalue weighted by Crippen LogP contribution is -2.43. The number of nitrogens with one attached hydrogen (secondary N) is 1. The van der Waals surface area contributed by atoms with Crippen LogP contribution < -0.4 is 10.9 Å². The normalized spacial score (nSPS) is 14.7. The van der Waals surface area contributed by atoms with Crippen LogP contribution in [0.4, 0.5) is 5.69 Å². The molecule has 7 nitrogen and oxygen atoms in total. The number of aromatic nitrogens is 2. The van der Waals surface area contributed by atoms with Gasteiger partial charge in [0.15, 0.2) is 0 Å². The van der Waals surface area contributed by atoms with E-state index in [1.54, 1.807) is 17.2 Å². The van der Waals surface area contributed by atoms with E-state index in [1.165, 1.54) is 10.6 Å². The Kier molecular flexibility index (Phi) is 5.12. The molecule has 0 saturated carbocycles. The van der Waals surface area contributed by atoms with E-state index >= 15 is 0 Å². The van der Waals surface area contributed by atoms with Gasteiger partial charge in [-0.2, -0.15) is 0 Å². The van der Waals surface area contributed by atoms with Gasteiger partial charge in [0, 0.05) is 37.1 Å². The molecule has 0 atom stereocenters. The van der Waals surface area contributed by atoms with Crippen molar-refractivity contribution in [2.24, 2.45) is 5.92 Å². The minimum atomic E-state index is -0.368. The summed E-state index contributed by atoms with van der Waals surface area (Å²) in [4.78, 5) is 44.0. The number of para-hydroxylation sites is 1. The second-order valence-corrected chi connectivity index (χ2v) is 7.33. The summed E-state index contributed by atoms with van der Waals surface area (Å²) in [5, 5.41) is 2.92. The standard InChI is InChI=1S/C22H22N4O3/c1-15-7-8-19-23-13-18(22(29)26(19)14-15)21(28)25-11-9-16(10-12-25)20(27)24-17-5-3-2-4-6-17/h2-8,13-14,16H,9-12H2,1H3,(H,24,27). The highest BCUT2D eigenvalue weighted by molar-refractivity contribution is 5.95. The molecule has 1 aliphatic rings.